The van der Waals surface area contributed by atoms with Gasteiger partial charge in [-0.15, -0.1) is 0 Å². The van der Waals surface area contributed by atoms with Crippen molar-refractivity contribution in [1.29, 1.82) is 0 Å². The number of benzene rings is 1. The van der Waals surface area contributed by atoms with Crippen molar-refractivity contribution in [2.75, 3.05) is 13.7 Å². The lowest BCUT2D eigenvalue weighted by atomic mass is 9.63. The average Bonchev–Trinajstić information content (AvgIpc) is 2.65. The van der Waals surface area contributed by atoms with E-state index in [2.05, 4.69) is 0 Å². The second-order valence-corrected chi connectivity index (χ2v) is 8.04. The number of rotatable bonds is 4. The third-order valence-electron chi connectivity index (χ3n) is 6.23. The van der Waals surface area contributed by atoms with Crippen LogP contribution in [0.1, 0.15) is 27.7 Å². The summed E-state index contributed by atoms with van der Waals surface area (Å²) < 4.78 is 22.0. The summed E-state index contributed by atoms with van der Waals surface area (Å²) in [6.07, 6.45) is -1.49. The van der Waals surface area contributed by atoms with E-state index in [-0.39, 0.29) is 17.1 Å². The fourth-order valence-electron chi connectivity index (χ4n) is 3.48. The lowest BCUT2D eigenvalue weighted by Crippen LogP contribution is -2.82. The van der Waals surface area contributed by atoms with Crippen molar-refractivity contribution in [3.8, 4) is 11.5 Å². The molecule has 2 aromatic rings. The average molecular weight is 410 g/mol. The number of hydrogen-bond acceptors (Lipinski definition) is 9. The highest BCUT2D eigenvalue weighted by atomic mass is 16.7. The maximum atomic E-state index is 11.4. The van der Waals surface area contributed by atoms with Crippen LogP contribution in [-0.4, -0.2) is 62.8 Å². The Balaban J connectivity index is 2.09. The fraction of sp³-hybridized carbons (Fsp3) is 0.550. The predicted molar refractivity (Wildman–Crippen MR) is 102 cm³/mol. The Labute approximate surface area is 167 Å². The van der Waals surface area contributed by atoms with Gasteiger partial charge in [-0.2, -0.15) is 0 Å². The van der Waals surface area contributed by atoms with Gasteiger partial charge in [0, 0.05) is 17.5 Å². The van der Waals surface area contributed by atoms with Crippen LogP contribution < -0.4 is 15.1 Å². The first-order chi connectivity index (χ1) is 13.3. The Kier molecular flexibility index (Phi) is 4.96. The van der Waals surface area contributed by atoms with E-state index in [1.54, 1.807) is 0 Å². The van der Waals surface area contributed by atoms with Gasteiger partial charge in [0.15, 0.2) is 17.1 Å². The summed E-state index contributed by atoms with van der Waals surface area (Å²) in [4.78, 5) is 11.4. The second-order valence-electron chi connectivity index (χ2n) is 8.04. The number of hydrogen-bond donors (Lipinski definition) is 4. The number of aliphatic hydroxyl groups excluding tert-OH is 1. The molecular formula is C20H26O9. The monoisotopic (exact) mass is 410 g/mol. The molecule has 9 nitrogen and oxygen atoms in total. The number of aliphatic hydroxyl groups is 4. The highest BCUT2D eigenvalue weighted by Crippen LogP contribution is 2.50. The van der Waals surface area contributed by atoms with Crippen LogP contribution in [0.3, 0.4) is 0 Å². The smallest absolute Gasteiger partial charge is 0.336 e. The van der Waals surface area contributed by atoms with Gasteiger partial charge in [-0.1, -0.05) is 0 Å². The molecule has 0 radical (unpaired) electrons. The molecule has 2 heterocycles. The zero-order valence-corrected chi connectivity index (χ0v) is 16.9. The Morgan fingerprint density at radius 1 is 1.03 bits per heavy atom. The number of methoxy groups -OCH3 is 1. The summed E-state index contributed by atoms with van der Waals surface area (Å²) in [6, 6.07) is 5.75. The molecule has 1 aliphatic rings. The quantitative estimate of drug-likeness (QED) is 0.532. The summed E-state index contributed by atoms with van der Waals surface area (Å²) in [5, 5.41) is 43.3. The molecule has 0 bridgehead atoms. The van der Waals surface area contributed by atoms with Crippen LogP contribution in [0.5, 0.6) is 11.5 Å². The minimum atomic E-state index is -2.13. The summed E-state index contributed by atoms with van der Waals surface area (Å²) >= 11 is 0. The first-order valence-corrected chi connectivity index (χ1v) is 9.05. The molecule has 1 saturated heterocycles. The van der Waals surface area contributed by atoms with Gasteiger partial charge in [0.25, 0.3) is 0 Å². The molecule has 0 amide bonds. The summed E-state index contributed by atoms with van der Waals surface area (Å²) in [5.41, 5.74) is -8.14. The SMILES string of the molecule is COc1cc2oc(=O)ccc2cc1OC1OC(C)(CO)C(C)(O)C(C)(O)C1(C)O. The van der Waals surface area contributed by atoms with Crippen molar-refractivity contribution in [2.45, 2.75) is 56.4 Å². The maximum Gasteiger partial charge on any atom is 0.336 e. The van der Waals surface area contributed by atoms with E-state index in [0.717, 1.165) is 0 Å². The topological polar surface area (TPSA) is 139 Å². The van der Waals surface area contributed by atoms with Crippen LogP contribution in [-0.2, 0) is 4.74 Å². The van der Waals surface area contributed by atoms with Crippen molar-refractivity contribution in [1.82, 2.24) is 0 Å². The van der Waals surface area contributed by atoms with Crippen LogP contribution >= 0.6 is 0 Å². The molecule has 1 aliphatic heterocycles. The molecule has 0 aliphatic carbocycles. The summed E-state index contributed by atoms with van der Waals surface area (Å²) in [5.74, 6) is 0.325. The molecule has 0 spiro atoms. The van der Waals surface area contributed by atoms with E-state index in [1.165, 1.54) is 59.1 Å². The molecule has 160 valence electrons. The van der Waals surface area contributed by atoms with Gasteiger partial charge >= 0.3 is 5.63 Å². The lowest BCUT2D eigenvalue weighted by Gasteiger charge is -2.61. The number of fused-ring (bicyclic) bond motifs is 1. The van der Waals surface area contributed by atoms with Gasteiger partial charge in [0.1, 0.15) is 22.4 Å². The highest BCUT2D eigenvalue weighted by Gasteiger charge is 2.71. The first kappa shape index (κ1) is 21.5. The molecule has 1 aromatic carbocycles. The lowest BCUT2D eigenvalue weighted by molar-refractivity contribution is -0.404. The predicted octanol–water partition coefficient (Wildman–Crippen LogP) is 0.541. The van der Waals surface area contributed by atoms with Gasteiger partial charge in [-0.05, 0) is 39.8 Å². The van der Waals surface area contributed by atoms with Crippen molar-refractivity contribution in [2.24, 2.45) is 0 Å². The largest absolute Gasteiger partial charge is 0.493 e. The van der Waals surface area contributed by atoms with Crippen molar-refractivity contribution < 1.29 is 39.1 Å². The maximum absolute atomic E-state index is 11.4. The molecule has 29 heavy (non-hydrogen) atoms. The van der Waals surface area contributed by atoms with E-state index < -0.39 is 40.9 Å². The third-order valence-corrected chi connectivity index (χ3v) is 6.23. The molecule has 5 atom stereocenters. The first-order valence-electron chi connectivity index (χ1n) is 9.05. The zero-order chi connectivity index (χ0) is 21.8. The van der Waals surface area contributed by atoms with Crippen LogP contribution in [0.15, 0.2) is 33.5 Å². The van der Waals surface area contributed by atoms with Gasteiger partial charge in [0.2, 0.25) is 6.29 Å². The summed E-state index contributed by atoms with van der Waals surface area (Å²) in [7, 11) is 1.38. The van der Waals surface area contributed by atoms with Gasteiger partial charge in [-0.3, -0.25) is 0 Å². The minimum absolute atomic E-state index is 0.136. The van der Waals surface area contributed by atoms with E-state index in [9.17, 15) is 25.2 Å². The van der Waals surface area contributed by atoms with Crippen LogP contribution in [0, 0.1) is 0 Å². The van der Waals surface area contributed by atoms with Crippen molar-refractivity contribution >= 4 is 11.0 Å². The van der Waals surface area contributed by atoms with Crippen molar-refractivity contribution in [3.63, 3.8) is 0 Å². The molecule has 1 aromatic heterocycles. The Morgan fingerprint density at radius 2 is 1.69 bits per heavy atom. The molecule has 9 heteroatoms. The Hall–Kier alpha value is -2.17. The zero-order valence-electron chi connectivity index (χ0n) is 16.9. The van der Waals surface area contributed by atoms with Crippen LogP contribution in [0.2, 0.25) is 0 Å². The normalized spacial score (nSPS) is 37.5. The van der Waals surface area contributed by atoms with E-state index in [0.29, 0.717) is 5.39 Å². The highest BCUT2D eigenvalue weighted by molar-refractivity contribution is 5.80. The molecule has 5 unspecified atom stereocenters. The van der Waals surface area contributed by atoms with E-state index in [1.807, 2.05) is 0 Å². The van der Waals surface area contributed by atoms with Crippen molar-refractivity contribution in [3.05, 3.63) is 34.7 Å². The Morgan fingerprint density at radius 3 is 2.28 bits per heavy atom. The van der Waals surface area contributed by atoms with Crippen LogP contribution in [0.25, 0.3) is 11.0 Å². The second kappa shape index (κ2) is 6.68. The van der Waals surface area contributed by atoms with Gasteiger partial charge in [0.05, 0.1) is 13.7 Å². The van der Waals surface area contributed by atoms with E-state index in [4.69, 9.17) is 18.6 Å². The molecule has 0 saturated carbocycles. The Bertz CT molecular complexity index is 976. The van der Waals surface area contributed by atoms with Gasteiger partial charge < -0.3 is 39.1 Å². The molecule has 3 rings (SSSR count). The van der Waals surface area contributed by atoms with Crippen LogP contribution in [0.4, 0.5) is 0 Å². The molecule has 1 fully saturated rings. The standard InChI is InChI=1S/C20H26O9/c1-17(10-21)19(3,24)20(4,25)18(2,23)16(29-17)28-14-8-11-6-7-15(22)27-12(11)9-13(14)26-5/h6-9,16,21,23-25H,10H2,1-5H3. The van der Waals surface area contributed by atoms with Gasteiger partial charge in [-0.25, -0.2) is 4.79 Å². The molecule has 4 N–H and O–H groups in total. The number of ether oxygens (including phenoxy) is 3. The summed E-state index contributed by atoms with van der Waals surface area (Å²) in [6.45, 7) is 4.53. The molecular weight excluding hydrogens is 384 g/mol. The fourth-order valence-corrected chi connectivity index (χ4v) is 3.48. The third kappa shape index (κ3) is 3.01. The minimum Gasteiger partial charge on any atom is -0.493 e. The van der Waals surface area contributed by atoms with E-state index >= 15 is 0 Å².